The zero-order chi connectivity index (χ0) is 15.0. The number of rotatable bonds is 4. The maximum atomic E-state index is 12.0. The highest BCUT2D eigenvalue weighted by Crippen LogP contribution is 2.64. The quantitative estimate of drug-likeness (QED) is 0.588. The van der Waals surface area contributed by atoms with E-state index in [1.54, 1.807) is 0 Å². The molecule has 0 bridgehead atoms. The topological polar surface area (TPSA) is 29.5 Å². The number of carbonyl (C=O) groups excluding carboxylic acids is 1. The first-order valence-corrected chi connectivity index (χ1v) is 8.55. The standard InChI is InChI=1S/C18H29NO2/c1-13-9-15-16(18(15,2)3)10-14(13)12-21-17(20)11-19-7-5-4-6-8-19/h9,14-16H,4-8,10-12H2,1-3H3/t14-,15+,16-/m1/s1. The molecule has 1 heterocycles. The molecule has 0 radical (unpaired) electrons. The molecular formula is C18H29NO2. The van der Waals surface area contributed by atoms with Crippen LogP contribution >= 0.6 is 0 Å². The molecule has 21 heavy (non-hydrogen) atoms. The van der Waals surface area contributed by atoms with Gasteiger partial charge in [0.2, 0.25) is 0 Å². The molecule has 0 unspecified atom stereocenters. The van der Waals surface area contributed by atoms with Crippen molar-refractivity contribution in [1.82, 2.24) is 4.90 Å². The van der Waals surface area contributed by atoms with Crippen LogP contribution in [0.3, 0.4) is 0 Å². The van der Waals surface area contributed by atoms with Crippen molar-refractivity contribution < 1.29 is 9.53 Å². The van der Waals surface area contributed by atoms with Crippen LogP contribution in [0.4, 0.5) is 0 Å². The molecule has 3 heteroatoms. The lowest BCUT2D eigenvalue weighted by Crippen LogP contribution is -2.35. The average molecular weight is 291 g/mol. The summed E-state index contributed by atoms with van der Waals surface area (Å²) in [6.45, 7) is 10.1. The van der Waals surface area contributed by atoms with Gasteiger partial charge in [0.1, 0.15) is 0 Å². The molecule has 0 aromatic carbocycles. The van der Waals surface area contributed by atoms with Gasteiger partial charge >= 0.3 is 5.97 Å². The number of hydrogen-bond acceptors (Lipinski definition) is 3. The number of allylic oxidation sites excluding steroid dienone is 1. The van der Waals surface area contributed by atoms with Gasteiger partial charge in [-0.25, -0.2) is 0 Å². The Balaban J connectivity index is 1.44. The number of carbonyl (C=O) groups is 1. The molecule has 3 rings (SSSR count). The van der Waals surface area contributed by atoms with Gasteiger partial charge in [-0.1, -0.05) is 31.9 Å². The Hall–Kier alpha value is -0.830. The lowest BCUT2D eigenvalue weighted by molar-refractivity contribution is -0.146. The molecule has 0 aromatic rings. The Bertz CT molecular complexity index is 434. The van der Waals surface area contributed by atoms with Crippen LogP contribution in [0.15, 0.2) is 11.6 Å². The van der Waals surface area contributed by atoms with Crippen LogP contribution in [0.2, 0.25) is 0 Å². The van der Waals surface area contributed by atoms with E-state index in [2.05, 4.69) is 31.7 Å². The van der Waals surface area contributed by atoms with E-state index < -0.39 is 0 Å². The van der Waals surface area contributed by atoms with Crippen LogP contribution in [0, 0.1) is 23.2 Å². The van der Waals surface area contributed by atoms with Gasteiger partial charge in [-0.3, -0.25) is 9.69 Å². The monoisotopic (exact) mass is 291 g/mol. The summed E-state index contributed by atoms with van der Waals surface area (Å²) in [5, 5.41) is 0. The number of likely N-dealkylation sites (tertiary alicyclic amines) is 1. The van der Waals surface area contributed by atoms with Crippen molar-refractivity contribution in [2.45, 2.75) is 46.5 Å². The molecule has 0 aromatic heterocycles. The van der Waals surface area contributed by atoms with E-state index in [0.29, 0.717) is 24.5 Å². The Labute approximate surface area is 128 Å². The fraction of sp³-hybridized carbons (Fsp3) is 0.833. The molecule has 0 N–H and O–H groups in total. The van der Waals surface area contributed by atoms with Crippen molar-refractivity contribution in [2.75, 3.05) is 26.2 Å². The third-order valence-electron chi connectivity index (χ3n) is 6.01. The molecule has 2 aliphatic carbocycles. The summed E-state index contributed by atoms with van der Waals surface area (Å²) in [5.41, 5.74) is 1.89. The molecule has 1 saturated carbocycles. The number of hydrogen-bond donors (Lipinski definition) is 0. The van der Waals surface area contributed by atoms with Gasteiger partial charge in [0.25, 0.3) is 0 Å². The summed E-state index contributed by atoms with van der Waals surface area (Å²) in [7, 11) is 0. The molecular weight excluding hydrogens is 262 g/mol. The smallest absolute Gasteiger partial charge is 0.320 e. The summed E-state index contributed by atoms with van der Waals surface area (Å²) < 4.78 is 5.57. The SMILES string of the molecule is CC1=C[C@H]2[C@@H](C[C@@H]1COC(=O)CN1CCCCC1)C2(C)C. The van der Waals surface area contributed by atoms with Crippen LogP contribution in [-0.4, -0.2) is 37.1 Å². The molecule has 0 amide bonds. The third-order valence-corrected chi connectivity index (χ3v) is 6.01. The molecule has 1 aliphatic heterocycles. The largest absolute Gasteiger partial charge is 0.464 e. The molecule has 3 nitrogen and oxygen atoms in total. The summed E-state index contributed by atoms with van der Waals surface area (Å²) in [4.78, 5) is 14.2. The van der Waals surface area contributed by atoms with Gasteiger partial charge in [-0.15, -0.1) is 0 Å². The minimum atomic E-state index is -0.0399. The zero-order valence-electron chi connectivity index (χ0n) is 13.7. The van der Waals surface area contributed by atoms with Gasteiger partial charge < -0.3 is 4.74 Å². The summed E-state index contributed by atoms with van der Waals surface area (Å²) in [6, 6.07) is 0. The number of nitrogens with zero attached hydrogens (tertiary/aromatic N) is 1. The van der Waals surface area contributed by atoms with Crippen molar-refractivity contribution >= 4 is 5.97 Å². The molecule has 3 aliphatic rings. The number of fused-ring (bicyclic) bond motifs is 1. The van der Waals surface area contributed by atoms with Gasteiger partial charge in [0, 0.05) is 5.92 Å². The van der Waals surface area contributed by atoms with Crippen molar-refractivity contribution in [3.8, 4) is 0 Å². The van der Waals surface area contributed by atoms with Crippen molar-refractivity contribution in [3.63, 3.8) is 0 Å². The first-order chi connectivity index (χ1) is 9.98. The Morgan fingerprint density at radius 3 is 2.76 bits per heavy atom. The fourth-order valence-electron chi connectivity index (χ4n) is 4.22. The summed E-state index contributed by atoms with van der Waals surface area (Å²) >= 11 is 0. The van der Waals surface area contributed by atoms with Crippen molar-refractivity contribution in [1.29, 1.82) is 0 Å². The van der Waals surface area contributed by atoms with E-state index in [4.69, 9.17) is 4.74 Å². The van der Waals surface area contributed by atoms with Gasteiger partial charge in [0.05, 0.1) is 13.2 Å². The van der Waals surface area contributed by atoms with Gasteiger partial charge in [-0.2, -0.15) is 0 Å². The minimum absolute atomic E-state index is 0.0399. The summed E-state index contributed by atoms with van der Waals surface area (Å²) in [6.07, 6.45) is 7.36. The molecule has 1 saturated heterocycles. The lowest BCUT2D eigenvalue weighted by Gasteiger charge is -2.26. The van der Waals surface area contributed by atoms with E-state index in [9.17, 15) is 4.79 Å². The molecule has 3 atom stereocenters. The van der Waals surface area contributed by atoms with Crippen molar-refractivity contribution in [2.24, 2.45) is 23.2 Å². The Kier molecular flexibility index (Phi) is 4.13. The second kappa shape index (κ2) is 5.75. The third kappa shape index (κ3) is 3.18. The first kappa shape index (κ1) is 15.1. The minimum Gasteiger partial charge on any atom is -0.464 e. The Morgan fingerprint density at radius 1 is 1.33 bits per heavy atom. The average Bonchev–Trinajstić information content (AvgIpc) is 2.98. The van der Waals surface area contributed by atoms with E-state index >= 15 is 0 Å². The van der Waals surface area contributed by atoms with Crippen molar-refractivity contribution in [3.05, 3.63) is 11.6 Å². The highest BCUT2D eigenvalue weighted by Gasteiger charge is 2.58. The van der Waals surface area contributed by atoms with E-state index in [1.165, 1.54) is 31.3 Å². The highest BCUT2D eigenvalue weighted by atomic mass is 16.5. The number of ether oxygens (including phenoxy) is 1. The first-order valence-electron chi connectivity index (χ1n) is 8.55. The molecule has 0 spiro atoms. The lowest BCUT2D eigenvalue weighted by atomic mass is 9.89. The fourth-order valence-corrected chi connectivity index (χ4v) is 4.22. The van der Waals surface area contributed by atoms with Gasteiger partial charge in [0.15, 0.2) is 0 Å². The maximum Gasteiger partial charge on any atom is 0.320 e. The van der Waals surface area contributed by atoms with Gasteiger partial charge in [-0.05, 0) is 56.5 Å². The predicted octanol–water partition coefficient (Wildman–Crippen LogP) is 3.25. The zero-order valence-corrected chi connectivity index (χ0v) is 13.7. The normalized spacial score (nSPS) is 34.8. The van der Waals surface area contributed by atoms with Crippen LogP contribution in [0.1, 0.15) is 46.5 Å². The second-order valence-corrected chi connectivity index (χ2v) is 7.82. The van der Waals surface area contributed by atoms with Crippen LogP contribution in [-0.2, 0) is 9.53 Å². The second-order valence-electron chi connectivity index (χ2n) is 7.82. The summed E-state index contributed by atoms with van der Waals surface area (Å²) in [5.74, 6) is 1.96. The number of piperidine rings is 1. The highest BCUT2D eigenvalue weighted by molar-refractivity contribution is 5.71. The Morgan fingerprint density at radius 2 is 2.05 bits per heavy atom. The predicted molar refractivity (Wildman–Crippen MR) is 83.9 cm³/mol. The van der Waals surface area contributed by atoms with E-state index in [0.717, 1.165) is 24.9 Å². The van der Waals surface area contributed by atoms with Crippen LogP contribution < -0.4 is 0 Å². The molecule has 118 valence electrons. The van der Waals surface area contributed by atoms with E-state index in [-0.39, 0.29) is 5.97 Å². The maximum absolute atomic E-state index is 12.0. The van der Waals surface area contributed by atoms with Crippen LogP contribution in [0.5, 0.6) is 0 Å². The van der Waals surface area contributed by atoms with Crippen LogP contribution in [0.25, 0.3) is 0 Å². The number of esters is 1. The van der Waals surface area contributed by atoms with E-state index in [1.807, 2.05) is 0 Å². The molecule has 2 fully saturated rings.